The second-order valence-electron chi connectivity index (χ2n) is 3.48. The minimum Gasteiger partial charge on any atom is -0.301 e. The van der Waals surface area contributed by atoms with Gasteiger partial charge in [-0.2, -0.15) is 0 Å². The second-order valence-corrected chi connectivity index (χ2v) is 5.48. The molecule has 0 saturated heterocycles. The van der Waals surface area contributed by atoms with Crippen LogP contribution in [-0.2, 0) is 11.2 Å². The van der Waals surface area contributed by atoms with Gasteiger partial charge in [0.25, 0.3) is 0 Å². The monoisotopic (exact) mass is 310 g/mol. The predicted octanol–water partition coefficient (Wildman–Crippen LogP) is 3.09. The molecule has 88 valence electrons. The van der Waals surface area contributed by atoms with E-state index in [1.807, 2.05) is 35.7 Å². The summed E-state index contributed by atoms with van der Waals surface area (Å²) in [5.41, 5.74) is 1.13. The first-order chi connectivity index (χ1) is 8.25. The molecule has 1 heterocycles. The lowest BCUT2D eigenvalue weighted by atomic mass is 10.1. The van der Waals surface area contributed by atoms with Gasteiger partial charge in [0.1, 0.15) is 0 Å². The average Bonchev–Trinajstić information content (AvgIpc) is 2.83. The molecule has 2 aromatic rings. The number of thiazole rings is 1. The summed E-state index contributed by atoms with van der Waals surface area (Å²) in [6.07, 6.45) is 2.33. The second kappa shape index (κ2) is 5.93. The number of hydrogen-bond donors (Lipinski definition) is 1. The van der Waals surface area contributed by atoms with E-state index in [-0.39, 0.29) is 10.7 Å². The maximum Gasteiger partial charge on any atom is 0.240 e. The van der Waals surface area contributed by atoms with Gasteiger partial charge in [-0.05, 0) is 12.0 Å². The van der Waals surface area contributed by atoms with Crippen LogP contribution in [0.5, 0.6) is 0 Å². The summed E-state index contributed by atoms with van der Waals surface area (Å²) in [7, 11) is 0. The van der Waals surface area contributed by atoms with Gasteiger partial charge >= 0.3 is 0 Å². The molecular weight excluding hydrogens is 300 g/mol. The van der Waals surface area contributed by atoms with Crippen LogP contribution in [0.2, 0.25) is 0 Å². The Balaban J connectivity index is 1.92. The van der Waals surface area contributed by atoms with Crippen LogP contribution in [0.4, 0.5) is 5.13 Å². The van der Waals surface area contributed by atoms with Crippen molar-refractivity contribution in [1.82, 2.24) is 4.98 Å². The average molecular weight is 311 g/mol. The SMILES string of the molecule is O=C(Nc1nccs1)[C@H](Br)Cc1ccccc1. The highest BCUT2D eigenvalue weighted by molar-refractivity contribution is 9.10. The highest BCUT2D eigenvalue weighted by Crippen LogP contribution is 2.15. The van der Waals surface area contributed by atoms with Crippen molar-refractivity contribution in [2.75, 3.05) is 5.32 Å². The Morgan fingerprint density at radius 3 is 2.82 bits per heavy atom. The molecule has 0 spiro atoms. The molecule has 1 amide bonds. The van der Waals surface area contributed by atoms with E-state index in [0.29, 0.717) is 11.6 Å². The zero-order valence-electron chi connectivity index (χ0n) is 8.97. The molecule has 17 heavy (non-hydrogen) atoms. The molecule has 0 saturated carbocycles. The lowest BCUT2D eigenvalue weighted by Gasteiger charge is -2.08. The van der Waals surface area contributed by atoms with Gasteiger partial charge in [0.15, 0.2) is 5.13 Å². The first-order valence-electron chi connectivity index (χ1n) is 5.14. The lowest BCUT2D eigenvalue weighted by molar-refractivity contribution is -0.115. The largest absolute Gasteiger partial charge is 0.301 e. The van der Waals surface area contributed by atoms with E-state index in [4.69, 9.17) is 0 Å². The minimum absolute atomic E-state index is 0.0659. The van der Waals surface area contributed by atoms with E-state index in [0.717, 1.165) is 5.56 Å². The van der Waals surface area contributed by atoms with Crippen molar-refractivity contribution in [3.05, 3.63) is 47.5 Å². The number of carbonyl (C=O) groups excluding carboxylic acids is 1. The van der Waals surface area contributed by atoms with Crippen LogP contribution in [0.3, 0.4) is 0 Å². The number of nitrogens with zero attached hydrogens (tertiary/aromatic N) is 1. The summed E-state index contributed by atoms with van der Waals surface area (Å²) in [6.45, 7) is 0. The number of nitrogens with one attached hydrogen (secondary N) is 1. The number of aromatic nitrogens is 1. The van der Waals surface area contributed by atoms with Gasteiger partial charge in [0.2, 0.25) is 5.91 Å². The summed E-state index contributed by atoms with van der Waals surface area (Å²) in [6, 6.07) is 9.90. The number of carbonyl (C=O) groups is 1. The molecule has 1 atom stereocenters. The molecular formula is C12H11BrN2OS. The highest BCUT2D eigenvalue weighted by Gasteiger charge is 2.16. The molecule has 0 bridgehead atoms. The zero-order chi connectivity index (χ0) is 12.1. The van der Waals surface area contributed by atoms with Gasteiger partial charge in [-0.3, -0.25) is 4.79 Å². The molecule has 0 fully saturated rings. The van der Waals surface area contributed by atoms with Gasteiger partial charge in [-0.1, -0.05) is 46.3 Å². The number of hydrogen-bond acceptors (Lipinski definition) is 3. The van der Waals surface area contributed by atoms with Crippen molar-refractivity contribution in [2.24, 2.45) is 0 Å². The summed E-state index contributed by atoms with van der Waals surface area (Å²) in [5, 5.41) is 5.22. The Bertz CT molecular complexity index is 473. The first-order valence-corrected chi connectivity index (χ1v) is 6.93. The number of benzene rings is 1. The molecule has 2 rings (SSSR count). The minimum atomic E-state index is -0.242. The maximum absolute atomic E-state index is 11.8. The smallest absolute Gasteiger partial charge is 0.240 e. The highest BCUT2D eigenvalue weighted by atomic mass is 79.9. The lowest BCUT2D eigenvalue weighted by Crippen LogP contribution is -2.24. The molecule has 0 unspecified atom stereocenters. The number of halogens is 1. The number of amides is 1. The predicted molar refractivity (Wildman–Crippen MR) is 73.6 cm³/mol. The van der Waals surface area contributed by atoms with E-state index < -0.39 is 0 Å². The van der Waals surface area contributed by atoms with E-state index in [1.54, 1.807) is 6.20 Å². The van der Waals surface area contributed by atoms with Crippen LogP contribution in [0.15, 0.2) is 41.9 Å². The Morgan fingerprint density at radius 1 is 1.41 bits per heavy atom. The zero-order valence-corrected chi connectivity index (χ0v) is 11.4. The van der Waals surface area contributed by atoms with Gasteiger partial charge in [-0.15, -0.1) is 11.3 Å². The summed E-state index contributed by atoms with van der Waals surface area (Å²) < 4.78 is 0. The van der Waals surface area contributed by atoms with Gasteiger partial charge in [0, 0.05) is 11.6 Å². The third-order valence-electron chi connectivity index (χ3n) is 2.20. The van der Waals surface area contributed by atoms with Crippen molar-refractivity contribution >= 4 is 38.3 Å². The van der Waals surface area contributed by atoms with Crippen LogP contribution in [0.1, 0.15) is 5.56 Å². The molecule has 3 nitrogen and oxygen atoms in total. The molecule has 1 N–H and O–H groups in total. The number of alkyl halides is 1. The maximum atomic E-state index is 11.8. The molecule has 0 aliphatic heterocycles. The van der Waals surface area contributed by atoms with Crippen LogP contribution < -0.4 is 5.32 Å². The number of rotatable bonds is 4. The Kier molecular flexibility index (Phi) is 4.28. The molecule has 0 aliphatic rings. The fourth-order valence-electron chi connectivity index (χ4n) is 1.38. The molecule has 5 heteroatoms. The Morgan fingerprint density at radius 2 is 2.18 bits per heavy atom. The third-order valence-corrected chi connectivity index (χ3v) is 3.63. The number of anilines is 1. The first kappa shape index (κ1) is 12.3. The van der Waals surface area contributed by atoms with Crippen molar-refractivity contribution in [2.45, 2.75) is 11.2 Å². The van der Waals surface area contributed by atoms with Crippen LogP contribution in [0, 0.1) is 0 Å². The fraction of sp³-hybridized carbons (Fsp3) is 0.167. The standard InChI is InChI=1S/C12H11BrN2OS/c13-10(8-9-4-2-1-3-5-9)11(16)15-12-14-6-7-17-12/h1-7,10H,8H2,(H,14,15,16)/t10-/m1/s1. The van der Waals surface area contributed by atoms with E-state index >= 15 is 0 Å². The van der Waals surface area contributed by atoms with Crippen molar-refractivity contribution in [1.29, 1.82) is 0 Å². The normalized spacial score (nSPS) is 12.1. The van der Waals surface area contributed by atoms with Gasteiger partial charge in [-0.25, -0.2) is 4.98 Å². The Labute approximate surface area is 112 Å². The van der Waals surface area contributed by atoms with E-state index in [1.165, 1.54) is 11.3 Å². The van der Waals surface area contributed by atoms with Crippen LogP contribution in [0.25, 0.3) is 0 Å². The van der Waals surface area contributed by atoms with Crippen molar-refractivity contribution in [3.8, 4) is 0 Å². The summed E-state index contributed by atoms with van der Waals surface area (Å²) in [5.74, 6) is -0.0659. The molecule has 1 aromatic heterocycles. The molecule has 0 radical (unpaired) electrons. The van der Waals surface area contributed by atoms with Crippen LogP contribution in [-0.4, -0.2) is 15.7 Å². The van der Waals surface area contributed by atoms with E-state index in [2.05, 4.69) is 26.2 Å². The molecule has 0 aliphatic carbocycles. The van der Waals surface area contributed by atoms with Crippen molar-refractivity contribution in [3.63, 3.8) is 0 Å². The van der Waals surface area contributed by atoms with Gasteiger partial charge in [0.05, 0.1) is 4.83 Å². The van der Waals surface area contributed by atoms with Gasteiger partial charge < -0.3 is 5.32 Å². The summed E-state index contributed by atoms with van der Waals surface area (Å²) >= 11 is 4.80. The molecule has 1 aromatic carbocycles. The Hall–Kier alpha value is -1.20. The van der Waals surface area contributed by atoms with Crippen LogP contribution >= 0.6 is 27.3 Å². The third kappa shape index (κ3) is 3.64. The van der Waals surface area contributed by atoms with E-state index in [9.17, 15) is 4.79 Å². The fourth-order valence-corrected chi connectivity index (χ4v) is 2.40. The van der Waals surface area contributed by atoms with Crippen molar-refractivity contribution < 1.29 is 4.79 Å². The summed E-state index contributed by atoms with van der Waals surface area (Å²) in [4.78, 5) is 15.6. The quantitative estimate of drug-likeness (QED) is 0.882. The topological polar surface area (TPSA) is 42.0 Å².